The number of rotatable bonds is 21. The van der Waals surface area contributed by atoms with Gasteiger partial charge in [-0.3, -0.25) is 30.1 Å². The Bertz CT molecular complexity index is 6160. The topological polar surface area (TPSA) is 613 Å². The Labute approximate surface area is 789 Å². The number of nitrogens with two attached hydrogens (primary N) is 5. The fraction of sp³-hybridized carbons (Fsp3) is 0.195. The van der Waals surface area contributed by atoms with Crippen LogP contribution in [0.4, 0.5) is 39.8 Å². The molecule has 7 aromatic carbocycles. The Hall–Kier alpha value is -13.2. The number of aromatic hydroxyl groups is 3. The summed E-state index contributed by atoms with van der Waals surface area (Å²) in [5.41, 5.74) is 36.9. The molecule has 1 fully saturated rings. The number of carbonyl (C=O) groups is 5. The number of anilines is 3. The number of aliphatic hydroxyl groups is 2. The van der Waals surface area contributed by atoms with Crippen LogP contribution in [0.5, 0.6) is 34.5 Å². The van der Waals surface area contributed by atoms with Gasteiger partial charge >= 0.3 is 48.3 Å². The number of carboxylic acids is 5. The van der Waals surface area contributed by atoms with E-state index in [0.29, 0.717) is 85.1 Å². The lowest BCUT2D eigenvalue weighted by Crippen LogP contribution is -2.41. The number of aromatic amines is 1. The van der Waals surface area contributed by atoms with Crippen molar-refractivity contribution in [1.82, 2.24) is 9.78 Å². The number of aromatic carboxylic acids is 5. The number of aromatic nitrogens is 2. The lowest BCUT2D eigenvalue weighted by atomic mass is 9.78. The third-order valence-corrected chi connectivity index (χ3v) is 23.8. The zero-order valence-corrected chi connectivity index (χ0v) is 78.5. The summed E-state index contributed by atoms with van der Waals surface area (Å²) in [6.07, 6.45) is 3.21. The number of nitrogens with one attached hydrogen (secondary N) is 1. The van der Waals surface area contributed by atoms with Gasteiger partial charge in [-0.2, -0.15) is 0 Å². The molecule has 0 unspecified atom stereocenters. The van der Waals surface area contributed by atoms with Gasteiger partial charge in [0.15, 0.2) is 17.2 Å². The van der Waals surface area contributed by atoms with Gasteiger partial charge in [-0.1, -0.05) is 78.9 Å². The number of nitrogen functional groups attached to an aromatic ring is 3. The number of methoxy groups -OCH3 is 3. The number of aliphatic hydroxyl groups excluding tert-OH is 2. The monoisotopic (exact) mass is 2020 g/mol. The molecule has 15 rings (SSSR count). The number of phenolic OH excluding ortho intramolecular Hbond substituents is 3. The molecule has 0 amide bonds. The fourth-order valence-electron chi connectivity index (χ4n) is 12.2. The number of halogens is 2. The summed E-state index contributed by atoms with van der Waals surface area (Å²) in [5, 5.41) is 132. The average Bonchev–Trinajstić information content (AvgIpc) is 1.61. The minimum Gasteiger partial charge on any atom is -0.505 e. The van der Waals surface area contributed by atoms with E-state index >= 15 is 0 Å². The number of fused-ring (bicyclic) bond motifs is 1. The van der Waals surface area contributed by atoms with Crippen molar-refractivity contribution < 1.29 is 108 Å². The molecule has 0 saturated carbocycles. The zero-order chi connectivity index (χ0) is 94.9. The second-order valence-corrected chi connectivity index (χ2v) is 32.8. The van der Waals surface area contributed by atoms with Gasteiger partial charge in [-0.05, 0) is 186 Å². The Balaban J connectivity index is 0.000000242. The maximum absolute atomic E-state index is 13.0. The number of benzene rings is 7. The molecule has 1 saturated heterocycles. The van der Waals surface area contributed by atoms with Crippen molar-refractivity contribution >= 4 is 173 Å². The van der Waals surface area contributed by atoms with Gasteiger partial charge in [-0.25, -0.2) is 28.7 Å². The standard InChI is InChI=1S/C24H20N4O4S.C13H18BNO5.C12H9NO5S.C12H11NO3S.2C11H9NO3S.2C2H7NO.2BrH/c1-13-21(23(30)28(27-13)17-9-8-14-4-2-5-15(14)10-17)26-25-19-7-3-6-18(22(19)29)16-11-20(24(31)32)33-12-16;1-12(2)13(3,4)20-14(19-12)9-7-6-8-10(15(16)17)11(9)18-5;1-18-11-8(3-2-4-9(11)13(16)17)7-5-10(12(14)15)19-6-7;1-16-11-8(3-2-4-9(11)13)7-5-10(12(14)15)17-6-7;2*12-8-3-1-2-7(10(8)13)6-4-9(11(14)15)16-5-6;2*3-1-2-4;;/h3,6-12,27,29H,2,4-5H2,1H3,(H,31,32);6-8H,1-5H3;2-6H,1H3,(H,14,15);2-6H,13H2,1H3,(H,14,15);2*1-5,13H,12H2,(H,14,15);2*4H,1-3H2;2*1H. The van der Waals surface area contributed by atoms with Crippen LogP contribution in [-0.2, 0) is 22.2 Å². The van der Waals surface area contributed by atoms with Crippen molar-refractivity contribution in [2.24, 2.45) is 21.7 Å². The molecule has 131 heavy (non-hydrogen) atoms. The molecule has 36 nitrogen and oxygen atoms in total. The molecule has 7 heterocycles. The van der Waals surface area contributed by atoms with Crippen LogP contribution in [-0.4, -0.2) is 166 Å². The Morgan fingerprint density at radius 1 is 0.489 bits per heavy atom. The van der Waals surface area contributed by atoms with E-state index in [9.17, 15) is 64.3 Å². The third kappa shape index (κ3) is 27.0. The molecule has 692 valence electrons. The van der Waals surface area contributed by atoms with Crippen molar-refractivity contribution in [1.29, 1.82) is 0 Å². The number of thiophene rings is 5. The second-order valence-electron chi connectivity index (χ2n) is 28.2. The molecule has 0 bridgehead atoms. The highest BCUT2D eigenvalue weighted by Crippen LogP contribution is 2.45. The van der Waals surface area contributed by atoms with Crippen LogP contribution in [0.15, 0.2) is 200 Å². The molecule has 21 N–H and O–H groups in total. The number of nitrogens with zero attached hydrogens (tertiary/aromatic N) is 5. The van der Waals surface area contributed by atoms with E-state index in [-0.39, 0.29) is 135 Å². The Morgan fingerprint density at radius 3 is 1.21 bits per heavy atom. The van der Waals surface area contributed by atoms with Crippen LogP contribution in [0.25, 0.3) is 61.3 Å². The first-order valence-corrected chi connectivity index (χ1v) is 42.7. The maximum atomic E-state index is 13.0. The normalized spacial score (nSPS) is 12.1. The number of nitro groups is 2. The molecular weight excluding hydrogens is 1930 g/mol. The second kappa shape index (κ2) is 49.0. The minimum absolute atomic E-state index is 0. The van der Waals surface area contributed by atoms with E-state index in [0.717, 1.165) is 81.4 Å². The van der Waals surface area contributed by atoms with Gasteiger partial charge in [-0.15, -0.1) is 101 Å². The van der Waals surface area contributed by atoms with Crippen LogP contribution < -0.4 is 53.9 Å². The van der Waals surface area contributed by atoms with Crippen LogP contribution in [0.2, 0.25) is 0 Å². The Morgan fingerprint density at radius 2 is 0.832 bits per heavy atom. The van der Waals surface area contributed by atoms with Gasteiger partial charge in [0.1, 0.15) is 47.3 Å². The highest BCUT2D eigenvalue weighted by molar-refractivity contribution is 8.93. The van der Waals surface area contributed by atoms with Crippen LogP contribution >= 0.6 is 90.6 Å². The van der Waals surface area contributed by atoms with Crippen LogP contribution in [0.3, 0.4) is 0 Å². The first kappa shape index (κ1) is 107. The number of hydrogen-bond acceptors (Lipinski definition) is 32. The number of ether oxygens (including phenoxy) is 3. The number of aryl methyl sites for hydroxylation is 3. The lowest BCUT2D eigenvalue weighted by molar-refractivity contribution is -0.385. The molecule has 1 aliphatic heterocycles. The molecule has 1 aliphatic carbocycles. The smallest absolute Gasteiger partial charge is 0.498 e. The van der Waals surface area contributed by atoms with Gasteiger partial charge in [0.2, 0.25) is 5.75 Å². The first-order valence-electron chi connectivity index (χ1n) is 38.3. The predicted molar refractivity (Wildman–Crippen MR) is 517 cm³/mol. The number of azo groups is 1. The van der Waals surface area contributed by atoms with E-state index in [1.54, 1.807) is 126 Å². The SMILES string of the molecule is Br.Br.COc1c(-c2csc(C(=O)O)c2)cccc1[N+](=O)[O-].COc1c(B2OC(C)(C)C(C)(C)O2)cccc1[N+](=O)[O-].COc1c(N)cccc1-c1csc(C(=O)O)c1.Cc1[nH]n(-c2ccc3c(c2)CCC3)c(=O)c1N=Nc1cccc(-c2csc(C(=O)O)c2)c1O.NCCO.NCCO.Nc1cccc(-c2csc(C(=O)O)c2)c1O.Nc1cccc(-c2csc(C(=O)O)c2)c1O. The van der Waals surface area contributed by atoms with E-state index in [1.165, 1.54) is 83.8 Å². The van der Waals surface area contributed by atoms with E-state index in [2.05, 4.69) is 21.4 Å². The number of phenols is 3. The molecule has 44 heteroatoms. The van der Waals surface area contributed by atoms with Crippen molar-refractivity contribution in [3.05, 3.63) is 256 Å². The predicted octanol–water partition coefficient (Wildman–Crippen LogP) is 17.0. The maximum Gasteiger partial charge on any atom is 0.498 e. The summed E-state index contributed by atoms with van der Waals surface area (Å²) in [4.78, 5) is 89.3. The number of para-hydroxylation sites is 6. The molecule has 0 radical (unpaired) electrons. The van der Waals surface area contributed by atoms with E-state index in [1.807, 2.05) is 52.0 Å². The van der Waals surface area contributed by atoms with Crippen LogP contribution in [0.1, 0.15) is 99.3 Å². The summed E-state index contributed by atoms with van der Waals surface area (Å²) < 4.78 is 28.8. The van der Waals surface area contributed by atoms with E-state index in [4.69, 9.17) is 87.9 Å². The Kier molecular flexibility index (Phi) is 39.8. The fourth-order valence-corrected chi connectivity index (χ4v) is 15.9. The first-order chi connectivity index (χ1) is 61.3. The highest BCUT2D eigenvalue weighted by Gasteiger charge is 2.53. The lowest BCUT2D eigenvalue weighted by Gasteiger charge is -2.32. The summed E-state index contributed by atoms with van der Waals surface area (Å²) in [7, 11) is 3.60. The molecule has 2 aliphatic rings. The molecule has 0 spiro atoms. The summed E-state index contributed by atoms with van der Waals surface area (Å²) in [6, 6.07) is 43.2. The summed E-state index contributed by atoms with van der Waals surface area (Å²) >= 11 is 5.55. The molecule has 6 aromatic heterocycles. The van der Waals surface area contributed by atoms with Gasteiger partial charge in [0.25, 0.3) is 5.56 Å². The molecule has 13 aromatic rings. The van der Waals surface area contributed by atoms with Gasteiger partial charge in [0.05, 0.1) is 84.0 Å². The van der Waals surface area contributed by atoms with Gasteiger partial charge < -0.3 is 103 Å². The number of carboxylic acid groups (broad SMARTS) is 5. The van der Waals surface area contributed by atoms with Crippen LogP contribution in [0, 0.1) is 27.2 Å². The summed E-state index contributed by atoms with van der Waals surface area (Å²) in [6.45, 7) is 10.4. The zero-order valence-electron chi connectivity index (χ0n) is 71.0. The van der Waals surface area contributed by atoms with Crippen molar-refractivity contribution in [2.75, 3.05) is 64.8 Å². The summed E-state index contributed by atoms with van der Waals surface area (Å²) in [5.74, 6) is -4.22. The minimum atomic E-state index is -1.03. The molecule has 0 atom stereocenters. The average molecular weight is 2020 g/mol. The van der Waals surface area contributed by atoms with Crippen molar-refractivity contribution in [3.63, 3.8) is 0 Å². The third-order valence-electron chi connectivity index (χ3n) is 19.2. The largest absolute Gasteiger partial charge is 0.505 e. The van der Waals surface area contributed by atoms with Gasteiger partial charge in [0, 0.05) is 58.5 Å². The van der Waals surface area contributed by atoms with E-state index < -0.39 is 58.0 Å². The quantitative estimate of drug-likeness (QED) is 0.00793. The molecular formula is C87H92BBr2N11O25S5. The number of H-pyrrole nitrogens is 1. The van der Waals surface area contributed by atoms with Crippen molar-refractivity contribution in [3.8, 4) is 95.8 Å². The number of nitro benzene ring substituents is 2. The van der Waals surface area contributed by atoms with Crippen molar-refractivity contribution in [2.45, 2.75) is 65.1 Å². The highest BCUT2D eigenvalue weighted by atomic mass is 79.9. The number of hydrogen-bond donors (Lipinski definition) is 16.